The summed E-state index contributed by atoms with van der Waals surface area (Å²) in [7, 11) is 0. The third-order valence-corrected chi connectivity index (χ3v) is 2.30. The smallest absolute Gasteiger partial charge is 0.241 e. The van der Waals surface area contributed by atoms with Gasteiger partial charge in [0, 0.05) is 13.1 Å². The van der Waals surface area contributed by atoms with Crippen LogP contribution in [0.5, 0.6) is 0 Å². The van der Waals surface area contributed by atoms with Crippen molar-refractivity contribution < 1.29 is 13.6 Å². The van der Waals surface area contributed by atoms with Crippen molar-refractivity contribution in [3.8, 4) is 0 Å². The molecule has 1 N–H and O–H groups in total. The predicted molar refractivity (Wildman–Crippen MR) is 51.6 cm³/mol. The second-order valence-electron chi connectivity index (χ2n) is 3.29. The zero-order valence-corrected chi connectivity index (χ0v) is 7.96. The molecular weight excluding hydrogens is 202 g/mol. The van der Waals surface area contributed by atoms with E-state index in [1.54, 1.807) is 0 Å². The monoisotopic (exact) mass is 212 g/mol. The number of para-hydroxylation sites is 1. The molecule has 0 saturated carbocycles. The maximum absolute atomic E-state index is 13.4. The van der Waals surface area contributed by atoms with Gasteiger partial charge in [0.1, 0.15) is 17.3 Å². The zero-order valence-electron chi connectivity index (χ0n) is 7.96. The third-order valence-electron chi connectivity index (χ3n) is 2.30. The van der Waals surface area contributed by atoms with E-state index in [0.717, 1.165) is 17.0 Å². The number of amides is 1. The average molecular weight is 212 g/mol. The SMILES string of the molecule is O=C1CNCCN1c1c(F)cccc1F. The molecule has 3 nitrogen and oxygen atoms in total. The van der Waals surface area contributed by atoms with Crippen molar-refractivity contribution in [3.05, 3.63) is 29.8 Å². The molecular formula is C10H10F2N2O. The summed E-state index contributed by atoms with van der Waals surface area (Å²) in [5.41, 5.74) is -0.246. The molecule has 0 radical (unpaired) electrons. The molecule has 1 aromatic rings. The molecule has 1 saturated heterocycles. The highest BCUT2D eigenvalue weighted by Gasteiger charge is 2.24. The summed E-state index contributed by atoms with van der Waals surface area (Å²) in [5.74, 6) is -1.72. The summed E-state index contributed by atoms with van der Waals surface area (Å²) in [4.78, 5) is 12.6. The van der Waals surface area contributed by atoms with Crippen LogP contribution in [0.15, 0.2) is 18.2 Å². The highest BCUT2D eigenvalue weighted by atomic mass is 19.1. The maximum Gasteiger partial charge on any atom is 0.241 e. The molecule has 1 aliphatic heterocycles. The summed E-state index contributed by atoms with van der Waals surface area (Å²) in [6.07, 6.45) is 0. The Kier molecular flexibility index (Phi) is 2.64. The van der Waals surface area contributed by atoms with Gasteiger partial charge in [-0.15, -0.1) is 0 Å². The minimum absolute atomic E-state index is 0.119. The Morgan fingerprint density at radius 2 is 1.93 bits per heavy atom. The quantitative estimate of drug-likeness (QED) is 0.750. The Labute approximate surface area is 85.7 Å². The van der Waals surface area contributed by atoms with Gasteiger partial charge in [-0.05, 0) is 12.1 Å². The lowest BCUT2D eigenvalue weighted by Gasteiger charge is -2.27. The number of anilines is 1. The number of piperazine rings is 1. The van der Waals surface area contributed by atoms with Crippen LogP contribution in [-0.2, 0) is 4.79 Å². The van der Waals surface area contributed by atoms with Gasteiger partial charge >= 0.3 is 0 Å². The van der Waals surface area contributed by atoms with Gasteiger partial charge in [0.15, 0.2) is 0 Å². The van der Waals surface area contributed by atoms with Crippen molar-refractivity contribution in [1.82, 2.24) is 5.32 Å². The van der Waals surface area contributed by atoms with Gasteiger partial charge < -0.3 is 10.2 Å². The van der Waals surface area contributed by atoms with Crippen LogP contribution in [0.25, 0.3) is 0 Å². The minimum Gasteiger partial charge on any atom is -0.307 e. The van der Waals surface area contributed by atoms with E-state index in [2.05, 4.69) is 5.32 Å². The van der Waals surface area contributed by atoms with E-state index in [1.165, 1.54) is 6.07 Å². The van der Waals surface area contributed by atoms with E-state index in [0.29, 0.717) is 6.54 Å². The molecule has 0 atom stereocenters. The second kappa shape index (κ2) is 3.94. The molecule has 0 bridgehead atoms. The van der Waals surface area contributed by atoms with Crippen LogP contribution in [0.2, 0.25) is 0 Å². The Morgan fingerprint density at radius 3 is 2.53 bits per heavy atom. The van der Waals surface area contributed by atoms with Crippen LogP contribution in [0, 0.1) is 11.6 Å². The summed E-state index contributed by atoms with van der Waals surface area (Å²) in [6, 6.07) is 3.57. The van der Waals surface area contributed by atoms with Crippen molar-refractivity contribution in [2.45, 2.75) is 0 Å². The lowest BCUT2D eigenvalue weighted by Crippen LogP contribution is -2.48. The zero-order chi connectivity index (χ0) is 10.8. The molecule has 0 unspecified atom stereocenters. The van der Waals surface area contributed by atoms with E-state index in [4.69, 9.17) is 0 Å². The van der Waals surface area contributed by atoms with Gasteiger partial charge in [-0.25, -0.2) is 8.78 Å². The third kappa shape index (κ3) is 1.83. The van der Waals surface area contributed by atoms with Crippen LogP contribution in [-0.4, -0.2) is 25.5 Å². The van der Waals surface area contributed by atoms with Gasteiger partial charge in [-0.3, -0.25) is 4.79 Å². The molecule has 1 amide bonds. The summed E-state index contributed by atoms with van der Waals surface area (Å²) < 4.78 is 26.7. The summed E-state index contributed by atoms with van der Waals surface area (Å²) in [5, 5.41) is 2.84. The van der Waals surface area contributed by atoms with Gasteiger partial charge in [0.05, 0.1) is 6.54 Å². The topological polar surface area (TPSA) is 32.3 Å². The van der Waals surface area contributed by atoms with Crippen LogP contribution in [0.1, 0.15) is 0 Å². The number of hydrogen-bond acceptors (Lipinski definition) is 2. The highest BCUT2D eigenvalue weighted by Crippen LogP contribution is 2.23. The number of nitrogens with zero attached hydrogens (tertiary/aromatic N) is 1. The first-order valence-corrected chi connectivity index (χ1v) is 4.65. The van der Waals surface area contributed by atoms with Crippen LogP contribution < -0.4 is 10.2 Å². The van der Waals surface area contributed by atoms with Crippen LogP contribution >= 0.6 is 0 Å². The number of benzene rings is 1. The number of carbonyl (C=O) groups excluding carboxylic acids is 1. The Bertz CT molecular complexity index is 375. The predicted octanol–water partition coefficient (Wildman–Crippen LogP) is 0.901. The van der Waals surface area contributed by atoms with Crippen LogP contribution in [0.4, 0.5) is 14.5 Å². The van der Waals surface area contributed by atoms with Crippen molar-refractivity contribution >= 4 is 11.6 Å². The van der Waals surface area contributed by atoms with Gasteiger partial charge in [-0.1, -0.05) is 6.07 Å². The van der Waals surface area contributed by atoms with Gasteiger partial charge in [-0.2, -0.15) is 0 Å². The first-order valence-electron chi connectivity index (χ1n) is 4.65. The number of nitrogens with one attached hydrogen (secondary N) is 1. The van der Waals surface area contributed by atoms with E-state index in [1.807, 2.05) is 0 Å². The molecule has 2 rings (SSSR count). The fraction of sp³-hybridized carbons (Fsp3) is 0.300. The molecule has 80 valence electrons. The highest BCUT2D eigenvalue weighted by molar-refractivity contribution is 5.95. The Hall–Kier alpha value is -1.49. The second-order valence-corrected chi connectivity index (χ2v) is 3.29. The number of hydrogen-bond donors (Lipinski definition) is 1. The maximum atomic E-state index is 13.4. The number of carbonyl (C=O) groups is 1. The molecule has 1 aliphatic rings. The number of rotatable bonds is 1. The van der Waals surface area contributed by atoms with Gasteiger partial charge in [0.25, 0.3) is 0 Å². The van der Waals surface area contributed by atoms with Crippen LogP contribution in [0.3, 0.4) is 0 Å². The molecule has 0 spiro atoms. The summed E-state index contributed by atoms with van der Waals surface area (Å²) >= 11 is 0. The van der Waals surface area contributed by atoms with Crippen molar-refractivity contribution in [2.24, 2.45) is 0 Å². The molecule has 15 heavy (non-hydrogen) atoms. The molecule has 1 heterocycles. The molecule has 0 aliphatic carbocycles. The fourth-order valence-corrected chi connectivity index (χ4v) is 1.59. The fourth-order valence-electron chi connectivity index (χ4n) is 1.59. The normalized spacial score (nSPS) is 16.9. The Morgan fingerprint density at radius 1 is 1.27 bits per heavy atom. The summed E-state index contributed by atoms with van der Waals surface area (Å²) in [6.45, 7) is 0.948. The largest absolute Gasteiger partial charge is 0.307 e. The van der Waals surface area contributed by atoms with E-state index < -0.39 is 11.6 Å². The van der Waals surface area contributed by atoms with Crippen molar-refractivity contribution in [2.75, 3.05) is 24.5 Å². The van der Waals surface area contributed by atoms with Gasteiger partial charge in [0.2, 0.25) is 5.91 Å². The van der Waals surface area contributed by atoms with E-state index in [-0.39, 0.29) is 24.7 Å². The molecule has 1 fully saturated rings. The molecule has 0 aromatic heterocycles. The minimum atomic E-state index is -0.703. The average Bonchev–Trinajstić information content (AvgIpc) is 2.20. The first-order chi connectivity index (χ1) is 7.20. The molecule has 5 heteroatoms. The van der Waals surface area contributed by atoms with Crippen molar-refractivity contribution in [1.29, 1.82) is 0 Å². The lowest BCUT2D eigenvalue weighted by molar-refractivity contribution is -0.118. The van der Waals surface area contributed by atoms with E-state index in [9.17, 15) is 13.6 Å². The van der Waals surface area contributed by atoms with Crippen molar-refractivity contribution in [3.63, 3.8) is 0 Å². The molecule has 1 aromatic carbocycles. The number of halogens is 2. The lowest BCUT2D eigenvalue weighted by atomic mass is 10.2. The first kappa shape index (κ1) is 10.0. The van der Waals surface area contributed by atoms with E-state index >= 15 is 0 Å². The standard InChI is InChI=1S/C10H10F2N2O/c11-7-2-1-3-8(12)10(7)14-5-4-13-6-9(14)15/h1-3,13H,4-6H2. The Balaban J connectivity index is 2.39.